The fourth-order valence-corrected chi connectivity index (χ4v) is 8.47. The van der Waals surface area contributed by atoms with Crippen molar-refractivity contribution in [3.63, 3.8) is 0 Å². The third kappa shape index (κ3) is 6.62. The van der Waals surface area contributed by atoms with Crippen LogP contribution in [0.1, 0.15) is 45.5 Å². The van der Waals surface area contributed by atoms with Crippen LogP contribution in [0.2, 0.25) is 0 Å². The minimum Gasteiger partial charge on any atom is -0.544 e. The molecule has 0 aliphatic carbocycles. The molecule has 0 radical (unpaired) electrons. The first-order valence-corrected chi connectivity index (χ1v) is 17.5. The number of carboxylic acid groups (broad SMARTS) is 2. The van der Waals surface area contributed by atoms with E-state index in [1.807, 2.05) is 80.8 Å². The van der Waals surface area contributed by atoms with Crippen molar-refractivity contribution in [1.29, 1.82) is 0 Å². The Morgan fingerprint density at radius 2 is 1.29 bits per heavy atom. The van der Waals surface area contributed by atoms with E-state index in [9.17, 15) is 19.8 Å². The number of nitrogens with zero attached hydrogens (tertiary/aromatic N) is 2. The van der Waals surface area contributed by atoms with Gasteiger partial charge in [0.1, 0.15) is 42.4 Å². The largest absolute Gasteiger partial charge is 0.544 e. The van der Waals surface area contributed by atoms with Gasteiger partial charge in [-0.05, 0) is 64.7 Å². The zero-order chi connectivity index (χ0) is 36.8. The molecule has 4 heterocycles. The molecule has 4 aliphatic rings. The maximum Gasteiger partial charge on any atom is 0.169 e. The van der Waals surface area contributed by atoms with Gasteiger partial charge in [-0.25, -0.2) is 0 Å². The van der Waals surface area contributed by atoms with Crippen LogP contribution in [0.25, 0.3) is 0 Å². The average Bonchev–Trinajstić information content (AvgIpc) is 3.10. The lowest BCUT2D eigenvalue weighted by atomic mass is 9.85. The number of carboxylic acids is 2. The van der Waals surface area contributed by atoms with Gasteiger partial charge >= 0.3 is 0 Å². The maximum absolute atomic E-state index is 12.3. The molecule has 0 N–H and O–H groups in total. The lowest BCUT2D eigenvalue weighted by Gasteiger charge is -2.46. The number of aliphatic carboxylic acids is 2. The molecular formula is C41H44N2O9. The van der Waals surface area contributed by atoms with Gasteiger partial charge in [0.15, 0.2) is 23.0 Å². The number of methoxy groups -OCH3 is 3. The summed E-state index contributed by atoms with van der Waals surface area (Å²) < 4.78 is 31.2. The molecule has 272 valence electrons. The van der Waals surface area contributed by atoms with Gasteiger partial charge in [0.05, 0.1) is 66.0 Å². The van der Waals surface area contributed by atoms with Crippen molar-refractivity contribution in [2.24, 2.45) is 0 Å². The highest BCUT2D eigenvalue weighted by Gasteiger charge is 2.43. The Labute approximate surface area is 303 Å². The number of rotatable bonds is 7. The second-order valence-corrected chi connectivity index (χ2v) is 14.6. The Kier molecular flexibility index (Phi) is 9.26. The Balaban J connectivity index is 1.48. The minimum absolute atomic E-state index is 0.149. The van der Waals surface area contributed by atoms with Crippen LogP contribution in [-0.4, -0.2) is 82.5 Å². The Hall–Kier alpha value is -5.26. The van der Waals surface area contributed by atoms with Crippen molar-refractivity contribution in [1.82, 2.24) is 0 Å². The predicted octanol–water partition coefficient (Wildman–Crippen LogP) is 3.68. The number of fused-ring (bicyclic) bond motifs is 2. The first-order chi connectivity index (χ1) is 24.9. The number of ether oxygens (including phenoxy) is 5. The van der Waals surface area contributed by atoms with Crippen molar-refractivity contribution in [3.8, 4) is 40.2 Å². The molecule has 4 unspecified atom stereocenters. The summed E-state index contributed by atoms with van der Waals surface area (Å²) in [5, 5.41) is 24.5. The maximum atomic E-state index is 12.3. The predicted molar refractivity (Wildman–Crippen MR) is 188 cm³/mol. The van der Waals surface area contributed by atoms with Crippen molar-refractivity contribution in [3.05, 3.63) is 100 Å². The molecule has 4 aromatic carbocycles. The smallest absolute Gasteiger partial charge is 0.169 e. The van der Waals surface area contributed by atoms with Crippen LogP contribution in [0.15, 0.2) is 66.7 Å². The highest BCUT2D eigenvalue weighted by molar-refractivity contribution is 5.66. The van der Waals surface area contributed by atoms with Gasteiger partial charge < -0.3 is 52.5 Å². The van der Waals surface area contributed by atoms with Gasteiger partial charge in [-0.1, -0.05) is 18.2 Å². The summed E-state index contributed by atoms with van der Waals surface area (Å²) in [6.45, 7) is 0.819. The molecule has 4 aromatic rings. The highest BCUT2D eigenvalue weighted by Crippen LogP contribution is 2.49. The molecular weight excluding hydrogens is 664 g/mol. The molecule has 11 heteroatoms. The van der Waals surface area contributed by atoms with Crippen molar-refractivity contribution in [2.45, 2.75) is 37.8 Å². The Morgan fingerprint density at radius 1 is 0.673 bits per heavy atom. The van der Waals surface area contributed by atoms with E-state index in [0.717, 1.165) is 33.4 Å². The second kappa shape index (κ2) is 13.7. The quantitative estimate of drug-likeness (QED) is 0.265. The van der Waals surface area contributed by atoms with Crippen LogP contribution in [0.4, 0.5) is 0 Å². The monoisotopic (exact) mass is 708 g/mol. The number of carbonyl (C=O) groups excluding carboxylic acids is 2. The van der Waals surface area contributed by atoms with E-state index >= 15 is 0 Å². The molecule has 0 fully saturated rings. The molecule has 4 aliphatic heterocycles. The van der Waals surface area contributed by atoms with Crippen LogP contribution in [0.3, 0.4) is 0 Å². The first kappa shape index (κ1) is 35.2. The van der Waals surface area contributed by atoms with Gasteiger partial charge in [0.2, 0.25) is 0 Å². The number of likely N-dealkylation sites (N-methyl/N-ethyl adjacent to an activating group) is 2. The van der Waals surface area contributed by atoms with Gasteiger partial charge in [-0.3, -0.25) is 0 Å². The summed E-state index contributed by atoms with van der Waals surface area (Å²) in [7, 11) is 8.72. The summed E-state index contributed by atoms with van der Waals surface area (Å²) in [5.74, 6) is 1.61. The van der Waals surface area contributed by atoms with E-state index in [1.54, 1.807) is 21.3 Å². The van der Waals surface area contributed by atoms with Crippen LogP contribution < -0.4 is 33.9 Å². The zero-order valence-electron chi connectivity index (χ0n) is 30.2. The number of benzene rings is 4. The molecule has 11 nitrogen and oxygen atoms in total. The summed E-state index contributed by atoms with van der Waals surface area (Å²) in [6.07, 6.45) is 2.26. The van der Waals surface area contributed by atoms with Crippen LogP contribution in [0, 0.1) is 0 Å². The zero-order valence-corrected chi connectivity index (χ0v) is 30.2. The molecule has 0 aromatic heterocycles. The molecule has 0 amide bonds. The Bertz CT molecular complexity index is 2030. The van der Waals surface area contributed by atoms with Crippen LogP contribution >= 0.6 is 0 Å². The third-order valence-electron chi connectivity index (χ3n) is 11.3. The lowest BCUT2D eigenvalue weighted by Crippen LogP contribution is -2.56. The molecule has 4 atom stereocenters. The van der Waals surface area contributed by atoms with Crippen molar-refractivity contribution < 1.29 is 52.5 Å². The third-order valence-corrected chi connectivity index (χ3v) is 11.3. The first-order valence-electron chi connectivity index (χ1n) is 17.5. The summed E-state index contributed by atoms with van der Waals surface area (Å²) in [4.78, 5) is 24.5. The number of hydrogen-bond acceptors (Lipinski definition) is 9. The SMILES string of the molecule is COc1cc2c3c(c1)Oc1cc4c(cc1OC)CC[N+](C)(CC(=O)[O-])C4Cc1ccc(cc1)Oc1cc(ccc1OC)CC3[N+](C)(CC(=O)[O-])CC2. The number of hydrogen-bond donors (Lipinski definition) is 0. The van der Waals surface area contributed by atoms with E-state index in [0.29, 0.717) is 79.0 Å². The molecule has 6 bridgehead atoms. The normalized spacial score (nSPS) is 23.2. The molecule has 0 saturated carbocycles. The number of carbonyl (C=O) groups is 2. The number of quaternary nitrogens is 2. The minimum atomic E-state index is -1.14. The van der Waals surface area contributed by atoms with E-state index in [-0.39, 0.29) is 34.1 Å². The fraction of sp³-hybridized carbons (Fsp3) is 0.366. The fourth-order valence-electron chi connectivity index (χ4n) is 8.47. The van der Waals surface area contributed by atoms with E-state index in [2.05, 4.69) is 0 Å². The van der Waals surface area contributed by atoms with Gasteiger partial charge in [-0.2, -0.15) is 0 Å². The Morgan fingerprint density at radius 3 is 1.94 bits per heavy atom. The van der Waals surface area contributed by atoms with Gasteiger partial charge in [0, 0.05) is 37.3 Å². The summed E-state index contributed by atoms with van der Waals surface area (Å²) in [5.41, 5.74) is 5.85. The molecule has 0 saturated heterocycles. The summed E-state index contributed by atoms with van der Waals surface area (Å²) >= 11 is 0. The van der Waals surface area contributed by atoms with E-state index in [1.165, 1.54) is 0 Å². The second-order valence-electron chi connectivity index (χ2n) is 14.6. The van der Waals surface area contributed by atoms with Gasteiger partial charge in [0.25, 0.3) is 0 Å². The summed E-state index contributed by atoms with van der Waals surface area (Å²) in [6, 6.07) is 20.8. The highest BCUT2D eigenvalue weighted by atomic mass is 16.5. The van der Waals surface area contributed by atoms with Crippen LogP contribution in [-0.2, 0) is 35.3 Å². The molecule has 0 spiro atoms. The van der Waals surface area contributed by atoms with Crippen molar-refractivity contribution >= 4 is 11.9 Å². The van der Waals surface area contributed by atoms with E-state index < -0.39 is 11.9 Å². The van der Waals surface area contributed by atoms with Crippen molar-refractivity contribution in [2.75, 3.05) is 61.6 Å². The average molecular weight is 709 g/mol. The lowest BCUT2D eigenvalue weighted by molar-refractivity contribution is -0.936. The van der Waals surface area contributed by atoms with Gasteiger partial charge in [-0.15, -0.1) is 0 Å². The standard InChI is InChI=1S/C41H44N2O9/c1-42(23-39(44)45)14-12-27-20-35(50-5)37-22-31(27)32(42)16-25-6-9-29(10-7-25)51-36-18-26(8-11-34(36)49-4)17-33-41-28(13-15-43(33,2)24-40(46)47)19-30(48-3)21-38(41)52-37/h6-11,18-22,32-33H,12-17,23-24H2,1-5H3. The molecule has 52 heavy (non-hydrogen) atoms. The van der Waals surface area contributed by atoms with E-state index in [4.69, 9.17) is 23.7 Å². The molecule has 8 rings (SSSR count). The topological polar surface area (TPSA) is 126 Å². The van der Waals surface area contributed by atoms with Crippen LogP contribution in [0.5, 0.6) is 40.2 Å².